The Morgan fingerprint density at radius 2 is 1.73 bits per heavy atom. The van der Waals surface area contributed by atoms with E-state index in [0.29, 0.717) is 34.1 Å². The van der Waals surface area contributed by atoms with Crippen LogP contribution in [0.1, 0.15) is 111 Å². The molecule has 6 rings (SSSR count). The van der Waals surface area contributed by atoms with Crippen LogP contribution >= 0.6 is 0 Å². The molecule has 6 heteroatoms. The molecule has 0 spiro atoms. The molecule has 10 atom stereocenters. The number of hydrogen-bond acceptors (Lipinski definition) is 4. The van der Waals surface area contributed by atoms with Crippen LogP contribution < -0.4 is 5.32 Å². The minimum Gasteiger partial charge on any atom is -0.481 e. The molecule has 6 aliphatic rings. The summed E-state index contributed by atoms with van der Waals surface area (Å²) in [5.41, 5.74) is 4.50. The summed E-state index contributed by atoms with van der Waals surface area (Å²) in [4.78, 5) is 26.7. The Morgan fingerprint density at radius 1 is 0.933 bits per heavy atom. The van der Waals surface area contributed by atoms with Crippen molar-refractivity contribution in [3.63, 3.8) is 0 Å². The molecule has 0 aromatic carbocycles. The van der Waals surface area contributed by atoms with Gasteiger partial charge in [-0.2, -0.15) is 0 Å². The maximum absolute atomic E-state index is 11.6. The summed E-state index contributed by atoms with van der Waals surface area (Å²) >= 11 is 0. The Balaban J connectivity index is 1.16. The smallest absolute Gasteiger partial charge is 0.306 e. The van der Waals surface area contributed by atoms with Crippen LogP contribution in [0.4, 0.5) is 0 Å². The van der Waals surface area contributed by atoms with E-state index in [-0.39, 0.29) is 5.92 Å². The van der Waals surface area contributed by atoms with Gasteiger partial charge in [-0.3, -0.25) is 9.59 Å². The molecule has 252 valence electrons. The van der Waals surface area contributed by atoms with Gasteiger partial charge in [0.2, 0.25) is 6.41 Å². The Labute approximate surface area is 273 Å². The molecular weight excluding hydrogens is 558 g/mol. The topological polar surface area (TPSA) is 72.9 Å². The highest BCUT2D eigenvalue weighted by Crippen LogP contribution is 2.75. The minimum atomic E-state index is -0.629. The number of nitrogens with one attached hydrogen (secondary N) is 1. The fourth-order valence-electron chi connectivity index (χ4n) is 12.8. The quantitative estimate of drug-likeness (QED) is 0.253. The monoisotopic (exact) mass is 621 g/mol. The standard InChI is InChI=1S/C39H63N3O3/c1-27-30(28-9-11-29(12-10-28)35(44)45)15-18-36(2)31(27)16-19-38(4)34(36)14-13-32-33-8-7-17-39(33,21-20-37(32,38)3)40-22-23-41(5)24-25-42(6)26-43/h9,15,26-27,29,31-34,40H,7-8,10-14,16-25H2,1-6H3,(H,44,45)/t27?,29?,31?,32?,33?,34?,36?,37-,38-,39?/m1/s1. The Kier molecular flexibility index (Phi) is 9.17. The second-order valence-corrected chi connectivity index (χ2v) is 17.4. The normalized spacial score (nSPS) is 44.2. The SMILES string of the molecule is CC1C(C2=CCC(C(=O)O)CC2)=CCC2(C)C1CC[C@]1(C)C2CCC2C3CCCC3(NCCN(C)CCN(C)C=O)CC[C@]21C. The average molecular weight is 622 g/mol. The van der Waals surface area contributed by atoms with Crippen molar-refractivity contribution >= 4 is 12.4 Å². The van der Waals surface area contributed by atoms with Crippen molar-refractivity contribution in [1.82, 2.24) is 15.1 Å². The predicted molar refractivity (Wildman–Crippen MR) is 182 cm³/mol. The van der Waals surface area contributed by atoms with Gasteiger partial charge in [-0.15, -0.1) is 0 Å². The number of nitrogens with zero attached hydrogens (tertiary/aromatic N) is 2. The largest absolute Gasteiger partial charge is 0.481 e. The van der Waals surface area contributed by atoms with Crippen LogP contribution in [-0.2, 0) is 9.59 Å². The molecule has 1 amide bonds. The van der Waals surface area contributed by atoms with Crippen molar-refractivity contribution in [2.75, 3.05) is 40.3 Å². The fourth-order valence-corrected chi connectivity index (χ4v) is 12.8. The lowest BCUT2D eigenvalue weighted by Crippen LogP contribution is -2.67. The first-order chi connectivity index (χ1) is 21.4. The molecule has 0 aromatic rings. The summed E-state index contributed by atoms with van der Waals surface area (Å²) in [6.45, 7) is 14.5. The summed E-state index contributed by atoms with van der Waals surface area (Å²) in [6.07, 6.45) is 21.8. The molecule has 0 aliphatic heterocycles. The van der Waals surface area contributed by atoms with Gasteiger partial charge in [-0.1, -0.05) is 46.3 Å². The summed E-state index contributed by atoms with van der Waals surface area (Å²) in [6, 6.07) is 0. The third-order valence-electron chi connectivity index (χ3n) is 15.7. The zero-order valence-corrected chi connectivity index (χ0v) is 29.4. The average Bonchev–Trinajstić information content (AvgIpc) is 3.44. The number of allylic oxidation sites excluding steroid dienone is 4. The van der Waals surface area contributed by atoms with Gasteiger partial charge < -0.3 is 20.2 Å². The first kappa shape index (κ1) is 33.2. The molecule has 6 aliphatic carbocycles. The molecule has 0 heterocycles. The van der Waals surface area contributed by atoms with Crippen LogP contribution in [0.15, 0.2) is 23.3 Å². The van der Waals surface area contributed by atoms with Crippen LogP contribution in [0.2, 0.25) is 0 Å². The van der Waals surface area contributed by atoms with E-state index in [1.54, 1.807) is 10.5 Å². The van der Waals surface area contributed by atoms with E-state index in [2.05, 4.69) is 57.1 Å². The van der Waals surface area contributed by atoms with E-state index in [4.69, 9.17) is 0 Å². The van der Waals surface area contributed by atoms with Crippen LogP contribution in [0.5, 0.6) is 0 Å². The van der Waals surface area contributed by atoms with Gasteiger partial charge in [0.25, 0.3) is 0 Å². The molecule has 0 radical (unpaired) electrons. The number of rotatable bonds is 10. The Hall–Kier alpha value is -1.66. The zero-order valence-electron chi connectivity index (χ0n) is 29.4. The molecule has 8 unspecified atom stereocenters. The molecule has 0 aromatic heterocycles. The van der Waals surface area contributed by atoms with Gasteiger partial charge in [0.15, 0.2) is 0 Å². The molecule has 45 heavy (non-hydrogen) atoms. The summed E-state index contributed by atoms with van der Waals surface area (Å²) in [5, 5.41) is 13.7. The molecule has 0 bridgehead atoms. The lowest BCUT2D eigenvalue weighted by atomic mass is 9.34. The zero-order chi connectivity index (χ0) is 32.2. The van der Waals surface area contributed by atoms with E-state index in [1.165, 1.54) is 69.8 Å². The highest BCUT2D eigenvalue weighted by atomic mass is 16.4. The Bertz CT molecular complexity index is 1200. The number of amides is 1. The van der Waals surface area contributed by atoms with Crippen molar-refractivity contribution < 1.29 is 14.7 Å². The first-order valence-electron chi connectivity index (χ1n) is 18.6. The van der Waals surface area contributed by atoms with Crippen molar-refractivity contribution in [3.8, 4) is 0 Å². The predicted octanol–water partition coefficient (Wildman–Crippen LogP) is 7.16. The summed E-state index contributed by atoms with van der Waals surface area (Å²) in [7, 11) is 4.05. The van der Waals surface area contributed by atoms with Crippen molar-refractivity contribution in [3.05, 3.63) is 23.3 Å². The molecular formula is C39H63N3O3. The van der Waals surface area contributed by atoms with E-state index in [0.717, 1.165) is 69.1 Å². The molecule has 6 nitrogen and oxygen atoms in total. The lowest BCUT2D eigenvalue weighted by molar-refractivity contribution is -0.212. The van der Waals surface area contributed by atoms with Crippen LogP contribution in [0, 0.1) is 51.8 Å². The van der Waals surface area contributed by atoms with Gasteiger partial charge in [-0.05, 0) is 141 Å². The summed E-state index contributed by atoms with van der Waals surface area (Å²) in [5.74, 6) is 2.88. The van der Waals surface area contributed by atoms with Crippen molar-refractivity contribution in [1.29, 1.82) is 0 Å². The summed E-state index contributed by atoms with van der Waals surface area (Å²) < 4.78 is 0. The first-order valence-corrected chi connectivity index (χ1v) is 18.6. The van der Waals surface area contributed by atoms with Crippen molar-refractivity contribution in [2.24, 2.45) is 51.8 Å². The third kappa shape index (κ3) is 5.46. The van der Waals surface area contributed by atoms with E-state index >= 15 is 0 Å². The van der Waals surface area contributed by atoms with E-state index in [1.807, 2.05) is 7.05 Å². The maximum Gasteiger partial charge on any atom is 0.306 e. The number of fused-ring (bicyclic) bond motifs is 7. The second kappa shape index (κ2) is 12.4. The van der Waals surface area contributed by atoms with Gasteiger partial charge in [-0.25, -0.2) is 0 Å². The highest BCUT2D eigenvalue weighted by Gasteiger charge is 2.68. The lowest BCUT2D eigenvalue weighted by Gasteiger charge is -2.71. The Morgan fingerprint density at radius 3 is 2.44 bits per heavy atom. The van der Waals surface area contributed by atoms with Gasteiger partial charge in [0, 0.05) is 38.8 Å². The number of carbonyl (C=O) groups excluding carboxylic acids is 1. The maximum atomic E-state index is 11.6. The number of likely N-dealkylation sites (N-methyl/N-ethyl adjacent to an activating group) is 2. The van der Waals surface area contributed by atoms with Crippen LogP contribution in [0.25, 0.3) is 0 Å². The van der Waals surface area contributed by atoms with E-state index < -0.39 is 5.97 Å². The minimum absolute atomic E-state index is 0.197. The number of carboxylic acid groups (broad SMARTS) is 1. The second-order valence-electron chi connectivity index (χ2n) is 17.4. The third-order valence-corrected chi connectivity index (χ3v) is 15.7. The van der Waals surface area contributed by atoms with Gasteiger partial charge in [0.1, 0.15) is 0 Å². The number of carboxylic acids is 1. The molecule has 0 saturated heterocycles. The van der Waals surface area contributed by atoms with E-state index in [9.17, 15) is 14.7 Å². The van der Waals surface area contributed by atoms with Gasteiger partial charge >= 0.3 is 5.97 Å². The van der Waals surface area contributed by atoms with Crippen LogP contribution in [-0.4, -0.2) is 73.1 Å². The number of hydrogen-bond donors (Lipinski definition) is 2. The van der Waals surface area contributed by atoms with Gasteiger partial charge in [0.05, 0.1) is 5.92 Å². The fraction of sp³-hybridized carbons (Fsp3) is 0.846. The van der Waals surface area contributed by atoms with Crippen LogP contribution in [0.3, 0.4) is 0 Å². The highest BCUT2D eigenvalue weighted by molar-refractivity contribution is 5.70. The number of carbonyl (C=O) groups is 2. The molecule has 4 saturated carbocycles. The molecule has 4 fully saturated rings. The van der Waals surface area contributed by atoms with Crippen molar-refractivity contribution in [2.45, 2.75) is 117 Å². The molecule has 2 N–H and O–H groups in total. The number of aliphatic carboxylic acids is 1.